The molecule has 0 aliphatic rings. The second-order valence-corrected chi connectivity index (χ2v) is 6.28. The van der Waals surface area contributed by atoms with Crippen molar-refractivity contribution in [1.82, 2.24) is 10.9 Å². The van der Waals surface area contributed by atoms with Gasteiger partial charge in [0.15, 0.2) is 10.2 Å². The van der Waals surface area contributed by atoms with Crippen LogP contribution in [0.5, 0.6) is 0 Å². The van der Waals surface area contributed by atoms with E-state index in [-0.39, 0.29) is 5.82 Å². The van der Waals surface area contributed by atoms with Crippen molar-refractivity contribution in [3.63, 3.8) is 0 Å². The Morgan fingerprint density at radius 2 is 1.32 bits per heavy atom. The number of anilines is 2. The Labute approximate surface area is 158 Å². The molecule has 7 heteroatoms. The Kier molecular flexibility index (Phi) is 7.56. The number of hydrogen-bond acceptors (Lipinski definition) is 2. The molecule has 0 amide bonds. The Morgan fingerprint density at radius 1 is 0.840 bits per heavy atom. The lowest BCUT2D eigenvalue weighted by atomic mass is 10.1. The molecular formula is C18H21FN4S2. The molecule has 2 aromatic rings. The Hall–Kier alpha value is -2.25. The number of hydrazine groups is 1. The predicted molar refractivity (Wildman–Crippen MR) is 110 cm³/mol. The first kappa shape index (κ1) is 19.1. The van der Waals surface area contributed by atoms with Crippen LogP contribution in [0.1, 0.15) is 25.3 Å². The average Bonchev–Trinajstić information content (AvgIpc) is 2.61. The highest BCUT2D eigenvalue weighted by molar-refractivity contribution is 7.81. The number of rotatable bonds is 5. The first-order valence-electron chi connectivity index (χ1n) is 8.05. The summed E-state index contributed by atoms with van der Waals surface area (Å²) in [5.74, 6) is -0.298. The zero-order valence-corrected chi connectivity index (χ0v) is 15.6. The highest BCUT2D eigenvalue weighted by Crippen LogP contribution is 2.11. The van der Waals surface area contributed by atoms with Crippen LogP contribution in [0.3, 0.4) is 0 Å². The average molecular weight is 377 g/mol. The van der Waals surface area contributed by atoms with Crippen molar-refractivity contribution in [3.05, 3.63) is 59.9 Å². The van der Waals surface area contributed by atoms with Gasteiger partial charge in [-0.05, 0) is 79.2 Å². The summed E-state index contributed by atoms with van der Waals surface area (Å²) in [4.78, 5) is 0. The number of halogens is 1. The molecule has 0 spiro atoms. The Morgan fingerprint density at radius 3 is 1.80 bits per heavy atom. The van der Waals surface area contributed by atoms with Gasteiger partial charge in [-0.2, -0.15) is 0 Å². The molecule has 0 bridgehead atoms. The molecule has 0 saturated carbocycles. The number of benzene rings is 2. The third-order valence-electron chi connectivity index (χ3n) is 3.42. The van der Waals surface area contributed by atoms with E-state index in [9.17, 15) is 4.39 Å². The van der Waals surface area contributed by atoms with Crippen molar-refractivity contribution < 1.29 is 4.39 Å². The highest BCUT2D eigenvalue weighted by atomic mass is 32.1. The molecule has 0 saturated heterocycles. The second kappa shape index (κ2) is 9.90. The molecule has 0 unspecified atom stereocenters. The Balaban J connectivity index is 1.74. The maximum atomic E-state index is 12.9. The summed E-state index contributed by atoms with van der Waals surface area (Å²) in [5, 5.41) is 6.71. The summed E-state index contributed by atoms with van der Waals surface area (Å²) < 4.78 is 12.9. The van der Waals surface area contributed by atoms with Gasteiger partial charge in [0.05, 0.1) is 0 Å². The molecule has 0 atom stereocenters. The van der Waals surface area contributed by atoms with E-state index < -0.39 is 0 Å². The van der Waals surface area contributed by atoms with Gasteiger partial charge in [0.25, 0.3) is 0 Å². The minimum absolute atomic E-state index is 0.298. The van der Waals surface area contributed by atoms with Gasteiger partial charge >= 0.3 is 0 Å². The van der Waals surface area contributed by atoms with Gasteiger partial charge in [0.2, 0.25) is 0 Å². The van der Waals surface area contributed by atoms with E-state index in [1.165, 1.54) is 30.5 Å². The minimum atomic E-state index is -0.298. The lowest BCUT2D eigenvalue weighted by Gasteiger charge is -2.14. The molecule has 0 aliphatic heterocycles. The van der Waals surface area contributed by atoms with E-state index in [0.717, 1.165) is 12.1 Å². The normalized spacial score (nSPS) is 10.0. The fourth-order valence-electron chi connectivity index (χ4n) is 2.11. The summed E-state index contributed by atoms with van der Waals surface area (Å²) in [7, 11) is 0. The maximum absolute atomic E-state index is 12.9. The summed E-state index contributed by atoms with van der Waals surface area (Å²) >= 11 is 10.4. The summed E-state index contributed by atoms with van der Waals surface area (Å²) in [5.41, 5.74) is 8.48. The second-order valence-electron chi connectivity index (χ2n) is 5.47. The molecule has 0 aliphatic carbocycles. The summed E-state index contributed by atoms with van der Waals surface area (Å²) in [6.45, 7) is 2.18. The lowest BCUT2D eigenvalue weighted by molar-refractivity contribution is 0.628. The van der Waals surface area contributed by atoms with Gasteiger partial charge in [-0.15, -0.1) is 0 Å². The zero-order chi connectivity index (χ0) is 18.1. The van der Waals surface area contributed by atoms with Gasteiger partial charge < -0.3 is 10.6 Å². The van der Waals surface area contributed by atoms with Crippen LogP contribution in [-0.4, -0.2) is 10.2 Å². The Bertz CT molecular complexity index is 702. The summed E-state index contributed by atoms with van der Waals surface area (Å²) in [6, 6.07) is 14.1. The molecule has 25 heavy (non-hydrogen) atoms. The first-order valence-corrected chi connectivity index (χ1v) is 8.87. The molecular weight excluding hydrogens is 355 g/mol. The highest BCUT2D eigenvalue weighted by Gasteiger charge is 2.01. The molecule has 2 aromatic carbocycles. The molecule has 0 heterocycles. The topological polar surface area (TPSA) is 48.1 Å². The molecule has 0 fully saturated rings. The first-order chi connectivity index (χ1) is 12.1. The third kappa shape index (κ3) is 7.03. The zero-order valence-electron chi connectivity index (χ0n) is 13.9. The van der Waals surface area contributed by atoms with Crippen LogP contribution in [0.4, 0.5) is 15.8 Å². The number of nitrogens with one attached hydrogen (secondary N) is 4. The van der Waals surface area contributed by atoms with Crippen molar-refractivity contribution in [2.24, 2.45) is 0 Å². The monoisotopic (exact) mass is 376 g/mol. The van der Waals surface area contributed by atoms with E-state index >= 15 is 0 Å². The van der Waals surface area contributed by atoms with Crippen LogP contribution in [0.25, 0.3) is 0 Å². The summed E-state index contributed by atoms with van der Waals surface area (Å²) in [6.07, 6.45) is 3.46. The van der Waals surface area contributed by atoms with Crippen LogP contribution >= 0.6 is 24.4 Å². The van der Waals surface area contributed by atoms with Gasteiger partial charge in [-0.1, -0.05) is 25.5 Å². The fourth-order valence-corrected chi connectivity index (χ4v) is 2.44. The van der Waals surface area contributed by atoms with Gasteiger partial charge in [-0.3, -0.25) is 10.9 Å². The van der Waals surface area contributed by atoms with Crippen LogP contribution in [0.2, 0.25) is 0 Å². The van der Waals surface area contributed by atoms with Crippen LogP contribution in [-0.2, 0) is 6.42 Å². The molecule has 2 rings (SSSR count). The number of aryl methyl sites for hydroxylation is 1. The quantitative estimate of drug-likeness (QED) is 0.460. The van der Waals surface area contributed by atoms with Gasteiger partial charge in [0, 0.05) is 11.4 Å². The molecule has 0 aromatic heterocycles. The van der Waals surface area contributed by atoms with Gasteiger partial charge in [-0.25, -0.2) is 4.39 Å². The standard InChI is InChI=1S/C18H21FN4S2/c1-2-3-4-13-5-9-15(10-6-13)20-17(24)22-23-18(25)21-16-11-7-14(19)8-12-16/h5-12H,2-4H2,1H3,(H2,20,22,24)(H2,21,23,25). The molecule has 4 nitrogen and oxygen atoms in total. The van der Waals surface area contributed by atoms with Crippen LogP contribution < -0.4 is 21.5 Å². The fraction of sp³-hybridized carbons (Fsp3) is 0.222. The van der Waals surface area contributed by atoms with Crippen molar-refractivity contribution in [1.29, 1.82) is 0 Å². The van der Waals surface area contributed by atoms with Crippen LogP contribution in [0.15, 0.2) is 48.5 Å². The minimum Gasteiger partial charge on any atom is -0.331 e. The molecule has 4 N–H and O–H groups in total. The third-order valence-corrected chi connectivity index (χ3v) is 3.83. The maximum Gasteiger partial charge on any atom is 0.189 e. The molecule has 0 radical (unpaired) electrons. The van der Waals surface area contributed by atoms with E-state index in [0.29, 0.717) is 15.9 Å². The largest absolute Gasteiger partial charge is 0.331 e. The molecule has 132 valence electrons. The SMILES string of the molecule is CCCCc1ccc(NC(=S)NNC(=S)Nc2ccc(F)cc2)cc1. The van der Waals surface area contributed by atoms with Crippen molar-refractivity contribution in [3.8, 4) is 0 Å². The smallest absolute Gasteiger partial charge is 0.189 e. The lowest BCUT2D eigenvalue weighted by Crippen LogP contribution is -2.45. The van der Waals surface area contributed by atoms with Crippen molar-refractivity contribution >= 4 is 46.0 Å². The predicted octanol–water partition coefficient (Wildman–Crippen LogP) is 4.36. The van der Waals surface area contributed by atoms with E-state index in [2.05, 4.69) is 40.5 Å². The van der Waals surface area contributed by atoms with E-state index in [1.54, 1.807) is 12.1 Å². The van der Waals surface area contributed by atoms with E-state index in [4.69, 9.17) is 24.4 Å². The number of unbranched alkanes of at least 4 members (excludes halogenated alkanes) is 1. The van der Waals surface area contributed by atoms with Crippen molar-refractivity contribution in [2.45, 2.75) is 26.2 Å². The van der Waals surface area contributed by atoms with E-state index in [1.807, 2.05) is 12.1 Å². The number of hydrogen-bond donors (Lipinski definition) is 4. The van der Waals surface area contributed by atoms with Gasteiger partial charge in [0.1, 0.15) is 5.82 Å². The van der Waals surface area contributed by atoms with Crippen LogP contribution in [0, 0.1) is 5.82 Å². The van der Waals surface area contributed by atoms with Crippen molar-refractivity contribution in [2.75, 3.05) is 10.6 Å². The number of thiocarbonyl (C=S) groups is 2.